The molecule has 2 atom stereocenters. The first-order chi connectivity index (χ1) is 18.1. The number of aliphatic carboxylic acids is 1. The van der Waals surface area contributed by atoms with Crippen molar-refractivity contribution >= 4 is 22.9 Å². The molecule has 3 heterocycles. The van der Waals surface area contributed by atoms with E-state index in [-0.39, 0.29) is 5.91 Å². The van der Waals surface area contributed by atoms with Crippen LogP contribution in [0.3, 0.4) is 0 Å². The molecule has 1 aliphatic rings. The molecular formula is C27H31N7O3. The first kappa shape index (κ1) is 24.6. The predicted octanol–water partition coefficient (Wildman–Crippen LogP) is 4.47. The van der Waals surface area contributed by atoms with E-state index in [4.69, 9.17) is 0 Å². The first-order valence-electron chi connectivity index (χ1n) is 12.9. The quantitative estimate of drug-likeness (QED) is 0.307. The maximum atomic E-state index is 13.7. The van der Waals surface area contributed by atoms with E-state index in [1.807, 2.05) is 47.0 Å². The van der Waals surface area contributed by atoms with Gasteiger partial charge in [-0.3, -0.25) is 4.79 Å². The number of amides is 1. The molecule has 0 saturated carbocycles. The number of H-pyrrole nitrogens is 1. The van der Waals surface area contributed by atoms with Crippen LogP contribution in [0, 0.1) is 0 Å². The third-order valence-corrected chi connectivity index (χ3v) is 7.17. The van der Waals surface area contributed by atoms with Gasteiger partial charge in [-0.15, -0.1) is 10.2 Å². The number of carboxylic acid groups (broad SMARTS) is 1. The average Bonchev–Trinajstić information content (AvgIpc) is 3.69. The number of aromatic amines is 1. The molecule has 10 nitrogen and oxygen atoms in total. The molecule has 5 rings (SSSR count). The number of carbonyl (C=O) groups is 2. The fraction of sp³-hybridized carbons (Fsp3) is 0.407. The second-order valence-corrected chi connectivity index (χ2v) is 9.53. The van der Waals surface area contributed by atoms with Crippen LogP contribution in [0.1, 0.15) is 57.9 Å². The lowest BCUT2D eigenvalue weighted by Gasteiger charge is -2.28. The van der Waals surface area contributed by atoms with Crippen LogP contribution in [-0.4, -0.2) is 64.6 Å². The van der Waals surface area contributed by atoms with E-state index >= 15 is 0 Å². The molecule has 4 aromatic rings. The molecule has 192 valence electrons. The zero-order valence-electron chi connectivity index (χ0n) is 20.9. The maximum Gasteiger partial charge on any atom is 0.326 e. The second kappa shape index (κ2) is 10.9. The van der Waals surface area contributed by atoms with Gasteiger partial charge < -0.3 is 14.6 Å². The Bertz CT molecular complexity index is 1380. The summed E-state index contributed by atoms with van der Waals surface area (Å²) >= 11 is 0. The number of fused-ring (bicyclic) bond motifs is 1. The summed E-state index contributed by atoms with van der Waals surface area (Å²) in [4.78, 5) is 31.7. The smallest absolute Gasteiger partial charge is 0.326 e. The lowest BCUT2D eigenvalue weighted by molar-refractivity contribution is -0.149. The van der Waals surface area contributed by atoms with Crippen LogP contribution in [-0.2, 0) is 9.59 Å². The molecule has 0 aliphatic carbocycles. The number of likely N-dealkylation sites (tertiary alicyclic amines) is 1. The van der Waals surface area contributed by atoms with Crippen LogP contribution < -0.4 is 0 Å². The minimum Gasteiger partial charge on any atom is -0.480 e. The Balaban J connectivity index is 1.49. The summed E-state index contributed by atoms with van der Waals surface area (Å²) in [7, 11) is 0. The van der Waals surface area contributed by atoms with Gasteiger partial charge in [0.1, 0.15) is 12.1 Å². The SMILES string of the molecule is CCCCCCC(C(=O)N1CCC[C@H]1C(=O)O)n1cnc2cc(-c3ccccc3-c3nn[nH]n3)ccc21. The molecule has 37 heavy (non-hydrogen) atoms. The molecule has 2 aromatic carbocycles. The van der Waals surface area contributed by atoms with Gasteiger partial charge in [-0.2, -0.15) is 5.21 Å². The van der Waals surface area contributed by atoms with E-state index in [0.717, 1.165) is 53.4 Å². The summed E-state index contributed by atoms with van der Waals surface area (Å²) in [6.45, 7) is 2.63. The summed E-state index contributed by atoms with van der Waals surface area (Å²) < 4.78 is 1.93. The van der Waals surface area contributed by atoms with E-state index in [1.54, 1.807) is 11.2 Å². The summed E-state index contributed by atoms with van der Waals surface area (Å²) in [6, 6.07) is 12.6. The van der Waals surface area contributed by atoms with Gasteiger partial charge in [-0.25, -0.2) is 9.78 Å². The van der Waals surface area contributed by atoms with E-state index < -0.39 is 18.1 Å². The van der Waals surface area contributed by atoms with Gasteiger partial charge in [0.2, 0.25) is 11.7 Å². The largest absolute Gasteiger partial charge is 0.480 e. The minimum atomic E-state index is -0.934. The third kappa shape index (κ3) is 4.96. The molecule has 1 amide bonds. The highest BCUT2D eigenvalue weighted by molar-refractivity contribution is 5.90. The van der Waals surface area contributed by atoms with Gasteiger partial charge in [-0.05, 0) is 47.7 Å². The average molecular weight is 502 g/mol. The van der Waals surface area contributed by atoms with E-state index in [2.05, 4.69) is 32.5 Å². The standard InChI is InChI=1S/C27H31N7O3/c1-2-3-4-5-11-23(26(35)33-15-8-12-24(33)27(36)37)34-17-28-21-16-18(13-14-22(21)34)19-9-6-7-10-20(19)25-29-31-32-30-25/h6-7,9-10,13-14,16-17,23-24H,2-5,8,11-12,15H2,1H3,(H,36,37)(H,29,30,31,32)/t23?,24-/m0/s1. The molecule has 1 unspecified atom stereocenters. The monoisotopic (exact) mass is 501 g/mol. The number of tetrazole rings is 1. The lowest BCUT2D eigenvalue weighted by atomic mass is 9.98. The summed E-state index contributed by atoms with van der Waals surface area (Å²) in [5, 5.41) is 24.1. The van der Waals surface area contributed by atoms with Crippen molar-refractivity contribution in [2.24, 2.45) is 0 Å². The first-order valence-corrected chi connectivity index (χ1v) is 12.9. The van der Waals surface area contributed by atoms with Crippen molar-refractivity contribution in [3.8, 4) is 22.5 Å². The zero-order chi connectivity index (χ0) is 25.8. The molecular weight excluding hydrogens is 470 g/mol. The van der Waals surface area contributed by atoms with Crippen molar-refractivity contribution in [2.45, 2.75) is 64.0 Å². The number of imidazole rings is 1. The normalized spacial score (nSPS) is 16.4. The highest BCUT2D eigenvalue weighted by atomic mass is 16.4. The molecule has 10 heteroatoms. The number of hydrogen-bond donors (Lipinski definition) is 2. The Kier molecular flexibility index (Phi) is 7.25. The number of carboxylic acids is 1. The van der Waals surface area contributed by atoms with Crippen molar-refractivity contribution in [1.29, 1.82) is 0 Å². The van der Waals surface area contributed by atoms with Crippen molar-refractivity contribution in [3.05, 3.63) is 48.8 Å². The van der Waals surface area contributed by atoms with Gasteiger partial charge in [0.25, 0.3) is 0 Å². The van der Waals surface area contributed by atoms with Crippen molar-refractivity contribution in [1.82, 2.24) is 35.1 Å². The van der Waals surface area contributed by atoms with Crippen LogP contribution in [0.25, 0.3) is 33.5 Å². The molecule has 1 fully saturated rings. The van der Waals surface area contributed by atoms with Gasteiger partial charge in [0.05, 0.1) is 17.4 Å². The number of benzene rings is 2. The number of unbranched alkanes of at least 4 members (excludes halogenated alkanes) is 3. The fourth-order valence-electron chi connectivity index (χ4n) is 5.28. The topological polar surface area (TPSA) is 130 Å². The number of aromatic nitrogens is 6. The summed E-state index contributed by atoms with van der Waals surface area (Å²) in [5.74, 6) is -0.555. The number of rotatable bonds is 10. The molecule has 2 N–H and O–H groups in total. The molecule has 0 spiro atoms. The molecule has 1 saturated heterocycles. The van der Waals surface area contributed by atoms with E-state index in [1.165, 1.54) is 0 Å². The second-order valence-electron chi connectivity index (χ2n) is 9.53. The number of nitrogens with one attached hydrogen (secondary N) is 1. The number of nitrogens with zero attached hydrogens (tertiary/aromatic N) is 6. The van der Waals surface area contributed by atoms with Gasteiger partial charge >= 0.3 is 5.97 Å². The predicted molar refractivity (Wildman–Crippen MR) is 139 cm³/mol. The lowest BCUT2D eigenvalue weighted by Crippen LogP contribution is -2.44. The van der Waals surface area contributed by atoms with Crippen LogP contribution in [0.2, 0.25) is 0 Å². The Morgan fingerprint density at radius 2 is 1.97 bits per heavy atom. The Labute approximate surface area is 214 Å². The van der Waals surface area contributed by atoms with Crippen molar-refractivity contribution < 1.29 is 14.7 Å². The van der Waals surface area contributed by atoms with Gasteiger partial charge in [-0.1, -0.05) is 62.9 Å². The van der Waals surface area contributed by atoms with Crippen LogP contribution in [0.5, 0.6) is 0 Å². The Morgan fingerprint density at radius 1 is 1.14 bits per heavy atom. The Morgan fingerprint density at radius 3 is 2.73 bits per heavy atom. The summed E-state index contributed by atoms with van der Waals surface area (Å²) in [6.07, 6.45) is 7.71. The van der Waals surface area contributed by atoms with Crippen LogP contribution in [0.15, 0.2) is 48.8 Å². The molecule has 2 aromatic heterocycles. The molecule has 0 radical (unpaired) electrons. The maximum absolute atomic E-state index is 13.7. The highest BCUT2D eigenvalue weighted by Gasteiger charge is 2.37. The number of carbonyl (C=O) groups excluding carboxylic acids is 1. The molecule has 1 aliphatic heterocycles. The number of hydrogen-bond acceptors (Lipinski definition) is 6. The Hall–Kier alpha value is -4.08. The van der Waals surface area contributed by atoms with Gasteiger partial charge in [0, 0.05) is 12.1 Å². The van der Waals surface area contributed by atoms with E-state index in [0.29, 0.717) is 31.6 Å². The fourth-order valence-corrected chi connectivity index (χ4v) is 5.28. The van der Waals surface area contributed by atoms with Crippen LogP contribution in [0.4, 0.5) is 0 Å². The zero-order valence-corrected chi connectivity index (χ0v) is 20.9. The van der Waals surface area contributed by atoms with Crippen molar-refractivity contribution in [3.63, 3.8) is 0 Å². The summed E-state index contributed by atoms with van der Waals surface area (Å²) in [5.41, 5.74) is 4.37. The van der Waals surface area contributed by atoms with E-state index in [9.17, 15) is 14.7 Å². The third-order valence-electron chi connectivity index (χ3n) is 7.17. The van der Waals surface area contributed by atoms with Crippen molar-refractivity contribution in [2.75, 3.05) is 6.54 Å². The molecule has 0 bridgehead atoms. The van der Waals surface area contributed by atoms with Gasteiger partial charge in [0.15, 0.2) is 0 Å². The van der Waals surface area contributed by atoms with Crippen LogP contribution >= 0.6 is 0 Å². The highest BCUT2D eigenvalue weighted by Crippen LogP contribution is 2.33. The minimum absolute atomic E-state index is 0.132.